The largest absolute Gasteiger partial charge is 0.374 e. The van der Waals surface area contributed by atoms with Gasteiger partial charge in [-0.2, -0.15) is 0 Å². The molecule has 0 radical (unpaired) electrons. The van der Waals surface area contributed by atoms with Crippen LogP contribution in [0, 0.1) is 0 Å². The average Bonchev–Trinajstić information content (AvgIpc) is 2.28. The topological polar surface area (TPSA) is 20.3 Å². The summed E-state index contributed by atoms with van der Waals surface area (Å²) >= 11 is 3.39. The quantitative estimate of drug-likeness (QED) is 0.709. The maximum Gasteiger partial charge on any atom is 0.165 e. The highest BCUT2D eigenvalue weighted by molar-refractivity contribution is 9.10. The van der Waals surface area contributed by atoms with Crippen LogP contribution in [-0.2, 0) is 0 Å². The van der Waals surface area contributed by atoms with Crippen LogP contribution in [0.4, 0.5) is 5.69 Å². The van der Waals surface area contributed by atoms with Crippen LogP contribution >= 0.6 is 15.9 Å². The summed E-state index contributed by atoms with van der Waals surface area (Å²) in [4.78, 5) is 13.9. The van der Waals surface area contributed by atoms with Gasteiger partial charge in [-0.05, 0) is 24.6 Å². The Balaban J connectivity index is 2.54. The molecule has 1 aromatic rings. The molecule has 2 rings (SSSR count). The molecular formula is C11H12BrNO. The number of Topliss-reactive ketones (excluding diaryl/α,β-unsaturated/α-hetero) is 1. The number of hydrogen-bond donors (Lipinski definition) is 0. The summed E-state index contributed by atoms with van der Waals surface area (Å²) in [6.07, 6.45) is 1.61. The predicted octanol–water partition coefficient (Wildman–Crippen LogP) is 2.86. The lowest BCUT2D eigenvalue weighted by atomic mass is 10.1. The molecule has 1 aromatic carbocycles. The highest BCUT2D eigenvalue weighted by atomic mass is 79.9. The van der Waals surface area contributed by atoms with Crippen LogP contribution < -0.4 is 4.90 Å². The van der Waals surface area contributed by atoms with Gasteiger partial charge in [-0.15, -0.1) is 0 Å². The molecule has 0 aliphatic carbocycles. The zero-order valence-electron chi connectivity index (χ0n) is 8.09. The van der Waals surface area contributed by atoms with Crippen molar-refractivity contribution >= 4 is 27.4 Å². The van der Waals surface area contributed by atoms with Crippen LogP contribution in [0.3, 0.4) is 0 Å². The van der Waals surface area contributed by atoms with E-state index in [1.807, 2.05) is 25.2 Å². The van der Waals surface area contributed by atoms with Crippen molar-refractivity contribution in [3.63, 3.8) is 0 Å². The molecule has 2 nitrogen and oxygen atoms in total. The third-order valence-corrected chi connectivity index (χ3v) is 3.06. The third kappa shape index (κ3) is 1.69. The Kier molecular flexibility index (Phi) is 2.59. The van der Waals surface area contributed by atoms with Crippen molar-refractivity contribution in [2.24, 2.45) is 0 Å². The molecule has 3 heteroatoms. The molecule has 0 unspecified atom stereocenters. The van der Waals surface area contributed by atoms with Gasteiger partial charge in [-0.1, -0.05) is 15.9 Å². The number of anilines is 1. The molecule has 14 heavy (non-hydrogen) atoms. The summed E-state index contributed by atoms with van der Waals surface area (Å²) in [5.74, 6) is 0.255. The Morgan fingerprint density at radius 2 is 2.21 bits per heavy atom. The molecule has 0 bridgehead atoms. The molecule has 1 aliphatic rings. The third-order valence-electron chi connectivity index (χ3n) is 2.57. The Morgan fingerprint density at radius 3 is 3.00 bits per heavy atom. The molecule has 0 amide bonds. The zero-order chi connectivity index (χ0) is 10.1. The fraction of sp³-hybridized carbons (Fsp3) is 0.364. The van der Waals surface area contributed by atoms with Crippen molar-refractivity contribution in [3.8, 4) is 0 Å². The van der Waals surface area contributed by atoms with E-state index in [4.69, 9.17) is 0 Å². The van der Waals surface area contributed by atoms with E-state index >= 15 is 0 Å². The van der Waals surface area contributed by atoms with E-state index in [0.717, 1.165) is 28.7 Å². The standard InChI is InChI=1S/C11H12BrNO/c1-13-6-2-3-11(14)9-7-8(12)4-5-10(9)13/h4-5,7H,2-3,6H2,1H3. The minimum Gasteiger partial charge on any atom is -0.374 e. The smallest absolute Gasteiger partial charge is 0.165 e. The van der Waals surface area contributed by atoms with Crippen LogP contribution in [0.2, 0.25) is 0 Å². The van der Waals surface area contributed by atoms with Crippen LogP contribution in [0.1, 0.15) is 23.2 Å². The maximum absolute atomic E-state index is 11.8. The van der Waals surface area contributed by atoms with E-state index in [1.54, 1.807) is 0 Å². The number of benzene rings is 1. The Labute approximate surface area is 92.0 Å². The minimum absolute atomic E-state index is 0.255. The fourth-order valence-electron chi connectivity index (χ4n) is 1.80. The normalized spacial score (nSPS) is 16.4. The van der Waals surface area contributed by atoms with Gasteiger partial charge in [0.15, 0.2) is 5.78 Å². The first kappa shape index (κ1) is 9.71. The van der Waals surface area contributed by atoms with E-state index in [9.17, 15) is 4.79 Å². The van der Waals surface area contributed by atoms with Crippen molar-refractivity contribution < 1.29 is 4.79 Å². The fourth-order valence-corrected chi connectivity index (χ4v) is 2.16. The average molecular weight is 254 g/mol. The van der Waals surface area contributed by atoms with E-state index in [2.05, 4.69) is 20.8 Å². The second-order valence-electron chi connectivity index (χ2n) is 3.61. The lowest BCUT2D eigenvalue weighted by molar-refractivity contribution is 0.0984. The van der Waals surface area contributed by atoms with Gasteiger partial charge in [0, 0.05) is 35.7 Å². The second-order valence-corrected chi connectivity index (χ2v) is 4.53. The van der Waals surface area contributed by atoms with Gasteiger partial charge in [-0.25, -0.2) is 0 Å². The Hall–Kier alpha value is -0.830. The SMILES string of the molecule is CN1CCCC(=O)c2cc(Br)ccc21. The first-order valence-corrected chi connectivity index (χ1v) is 5.51. The van der Waals surface area contributed by atoms with Gasteiger partial charge < -0.3 is 4.90 Å². The summed E-state index contributed by atoms with van der Waals surface area (Å²) < 4.78 is 0.972. The van der Waals surface area contributed by atoms with E-state index in [0.29, 0.717) is 6.42 Å². The molecule has 0 atom stereocenters. The molecule has 0 spiro atoms. The predicted molar refractivity (Wildman–Crippen MR) is 61.0 cm³/mol. The van der Waals surface area contributed by atoms with E-state index < -0.39 is 0 Å². The zero-order valence-corrected chi connectivity index (χ0v) is 9.67. The van der Waals surface area contributed by atoms with Gasteiger partial charge in [-0.3, -0.25) is 4.79 Å². The number of rotatable bonds is 0. The minimum atomic E-state index is 0.255. The van der Waals surface area contributed by atoms with Crippen molar-refractivity contribution in [2.75, 3.05) is 18.5 Å². The summed E-state index contributed by atoms with van der Waals surface area (Å²) in [6, 6.07) is 5.90. The lowest BCUT2D eigenvalue weighted by Crippen LogP contribution is -2.17. The molecule has 0 fully saturated rings. The van der Waals surface area contributed by atoms with Crippen LogP contribution in [0.25, 0.3) is 0 Å². The van der Waals surface area contributed by atoms with Gasteiger partial charge in [0.1, 0.15) is 0 Å². The summed E-state index contributed by atoms with van der Waals surface area (Å²) in [6.45, 7) is 0.959. The number of carbonyl (C=O) groups excluding carboxylic acids is 1. The first-order valence-electron chi connectivity index (χ1n) is 4.72. The number of ketones is 1. The summed E-state index contributed by atoms with van der Waals surface area (Å²) in [5.41, 5.74) is 1.90. The highest BCUT2D eigenvalue weighted by Gasteiger charge is 2.18. The van der Waals surface area contributed by atoms with Crippen molar-refractivity contribution in [2.45, 2.75) is 12.8 Å². The molecule has 1 heterocycles. The van der Waals surface area contributed by atoms with Gasteiger partial charge >= 0.3 is 0 Å². The maximum atomic E-state index is 11.8. The highest BCUT2D eigenvalue weighted by Crippen LogP contribution is 2.27. The molecule has 0 N–H and O–H groups in total. The molecule has 0 saturated heterocycles. The van der Waals surface area contributed by atoms with Crippen LogP contribution in [0.15, 0.2) is 22.7 Å². The lowest BCUT2D eigenvalue weighted by Gasteiger charge is -2.18. The Morgan fingerprint density at radius 1 is 1.43 bits per heavy atom. The van der Waals surface area contributed by atoms with Crippen LogP contribution in [-0.4, -0.2) is 19.4 Å². The van der Waals surface area contributed by atoms with Gasteiger partial charge in [0.2, 0.25) is 0 Å². The van der Waals surface area contributed by atoms with Crippen molar-refractivity contribution in [3.05, 3.63) is 28.2 Å². The molecule has 74 valence electrons. The van der Waals surface area contributed by atoms with Gasteiger partial charge in [0.05, 0.1) is 0 Å². The Bertz CT molecular complexity index is 376. The van der Waals surface area contributed by atoms with E-state index in [-0.39, 0.29) is 5.78 Å². The molecule has 1 aliphatic heterocycles. The molecular weight excluding hydrogens is 242 g/mol. The van der Waals surface area contributed by atoms with E-state index in [1.165, 1.54) is 0 Å². The summed E-state index contributed by atoms with van der Waals surface area (Å²) in [5, 5.41) is 0. The number of hydrogen-bond acceptors (Lipinski definition) is 2. The summed E-state index contributed by atoms with van der Waals surface area (Å²) in [7, 11) is 2.03. The molecule has 0 aromatic heterocycles. The second kappa shape index (κ2) is 3.73. The van der Waals surface area contributed by atoms with Crippen molar-refractivity contribution in [1.29, 1.82) is 0 Å². The number of fused-ring (bicyclic) bond motifs is 1. The van der Waals surface area contributed by atoms with Crippen molar-refractivity contribution in [1.82, 2.24) is 0 Å². The number of nitrogens with zero attached hydrogens (tertiary/aromatic N) is 1. The van der Waals surface area contributed by atoms with Gasteiger partial charge in [0.25, 0.3) is 0 Å². The molecule has 0 saturated carbocycles. The monoisotopic (exact) mass is 253 g/mol. The van der Waals surface area contributed by atoms with Crippen LogP contribution in [0.5, 0.6) is 0 Å². The number of halogens is 1. The number of carbonyl (C=O) groups is 1. The first-order chi connectivity index (χ1) is 6.68.